The van der Waals surface area contributed by atoms with Gasteiger partial charge in [-0.25, -0.2) is 5.10 Å². The Morgan fingerprint density at radius 3 is 2.85 bits per heavy atom. The fraction of sp³-hybridized carbons (Fsp3) is 0.308. The molecule has 0 atom stereocenters. The van der Waals surface area contributed by atoms with Gasteiger partial charge in [0, 0.05) is 0 Å². The number of rotatable bonds is 7. The number of amides is 1. The largest absolute Gasteiger partial charge is 0.493 e. The minimum Gasteiger partial charge on any atom is -0.493 e. The molecule has 2 rings (SSSR count). The van der Waals surface area contributed by atoms with Gasteiger partial charge in [0.2, 0.25) is 11.9 Å². The van der Waals surface area contributed by atoms with Crippen LogP contribution in [0.3, 0.4) is 0 Å². The maximum Gasteiger partial charge on any atom is 0.337 e. The lowest BCUT2D eigenvalue weighted by Gasteiger charge is -2.05. The summed E-state index contributed by atoms with van der Waals surface area (Å²) in [6.45, 7) is 2.59. The fourth-order valence-electron chi connectivity index (χ4n) is 1.47. The molecular weight excluding hydrogens is 260 g/mol. The number of hydrogen-bond acceptors (Lipinski definition) is 5. The number of anilines is 1. The summed E-state index contributed by atoms with van der Waals surface area (Å²) in [6.07, 6.45) is 0.222. The van der Waals surface area contributed by atoms with Crippen LogP contribution in [0.5, 0.6) is 11.8 Å². The number of H-pyrrole nitrogens is 1. The quantitative estimate of drug-likeness (QED) is 0.802. The van der Waals surface area contributed by atoms with Gasteiger partial charge < -0.3 is 9.47 Å². The number of ether oxygens (including phenoxy) is 2. The van der Waals surface area contributed by atoms with Crippen LogP contribution in [0.15, 0.2) is 30.3 Å². The van der Waals surface area contributed by atoms with E-state index in [-0.39, 0.29) is 24.3 Å². The Bertz CT molecular complexity index is 542. The Kier molecular flexibility index (Phi) is 4.94. The first-order chi connectivity index (χ1) is 9.78. The van der Waals surface area contributed by atoms with Crippen molar-refractivity contribution in [1.82, 2.24) is 15.2 Å². The third-order valence-corrected chi connectivity index (χ3v) is 2.34. The van der Waals surface area contributed by atoms with E-state index in [2.05, 4.69) is 20.5 Å². The second-order valence-electron chi connectivity index (χ2n) is 3.86. The highest BCUT2D eigenvalue weighted by Crippen LogP contribution is 2.09. The summed E-state index contributed by atoms with van der Waals surface area (Å²) in [5, 5.41) is 8.93. The van der Waals surface area contributed by atoms with E-state index in [0.717, 1.165) is 5.75 Å². The van der Waals surface area contributed by atoms with E-state index < -0.39 is 0 Å². The second kappa shape index (κ2) is 7.13. The molecule has 0 aliphatic rings. The maximum atomic E-state index is 11.7. The molecule has 0 spiro atoms. The van der Waals surface area contributed by atoms with Crippen molar-refractivity contribution in [1.29, 1.82) is 0 Å². The molecule has 1 aromatic heterocycles. The minimum absolute atomic E-state index is 0.208. The number of benzene rings is 1. The Morgan fingerprint density at radius 2 is 2.10 bits per heavy atom. The normalized spacial score (nSPS) is 10.1. The van der Waals surface area contributed by atoms with Crippen molar-refractivity contribution in [2.75, 3.05) is 18.5 Å². The molecule has 1 aromatic carbocycles. The van der Waals surface area contributed by atoms with E-state index in [1.165, 1.54) is 0 Å². The third kappa shape index (κ3) is 4.27. The molecule has 2 N–H and O–H groups in total. The molecule has 0 fully saturated rings. The highest BCUT2D eigenvalue weighted by Gasteiger charge is 2.07. The molecule has 0 saturated heterocycles. The number of hydrogen-bond donors (Lipinski definition) is 2. The minimum atomic E-state index is -0.208. The smallest absolute Gasteiger partial charge is 0.337 e. The lowest BCUT2D eigenvalue weighted by atomic mass is 10.3. The van der Waals surface area contributed by atoms with E-state index in [9.17, 15) is 4.79 Å². The van der Waals surface area contributed by atoms with Crippen molar-refractivity contribution in [3.05, 3.63) is 30.3 Å². The van der Waals surface area contributed by atoms with Gasteiger partial charge in [-0.15, -0.1) is 5.10 Å². The second-order valence-corrected chi connectivity index (χ2v) is 3.86. The van der Waals surface area contributed by atoms with Crippen molar-refractivity contribution in [3.63, 3.8) is 0 Å². The van der Waals surface area contributed by atoms with Gasteiger partial charge in [0.1, 0.15) is 5.75 Å². The van der Waals surface area contributed by atoms with Crippen LogP contribution in [0.4, 0.5) is 5.95 Å². The molecule has 20 heavy (non-hydrogen) atoms. The molecule has 0 aliphatic heterocycles. The number of carbonyl (C=O) groups is 1. The summed E-state index contributed by atoms with van der Waals surface area (Å²) in [7, 11) is 0. The number of nitrogens with zero attached hydrogens (tertiary/aromatic N) is 2. The van der Waals surface area contributed by atoms with Crippen LogP contribution in [0.2, 0.25) is 0 Å². The first-order valence-corrected chi connectivity index (χ1v) is 6.31. The molecule has 1 heterocycles. The summed E-state index contributed by atoms with van der Waals surface area (Å²) in [5.74, 6) is 0.789. The summed E-state index contributed by atoms with van der Waals surface area (Å²) >= 11 is 0. The molecule has 1 amide bonds. The number of aromatic nitrogens is 3. The van der Waals surface area contributed by atoms with E-state index in [4.69, 9.17) is 9.47 Å². The summed E-state index contributed by atoms with van der Waals surface area (Å²) in [4.78, 5) is 15.6. The number of carbonyl (C=O) groups excluding carboxylic acids is 1. The summed E-state index contributed by atoms with van der Waals surface area (Å²) in [5.41, 5.74) is 0. The van der Waals surface area contributed by atoms with Crippen molar-refractivity contribution < 1.29 is 14.3 Å². The molecule has 0 unspecified atom stereocenters. The lowest BCUT2D eigenvalue weighted by Crippen LogP contribution is -2.16. The molecule has 7 heteroatoms. The predicted molar refractivity (Wildman–Crippen MR) is 72.7 cm³/mol. The average molecular weight is 276 g/mol. The van der Waals surface area contributed by atoms with Crippen molar-refractivity contribution in [3.8, 4) is 11.8 Å². The van der Waals surface area contributed by atoms with Crippen LogP contribution in [0, 0.1) is 0 Å². The van der Waals surface area contributed by atoms with Gasteiger partial charge in [0.25, 0.3) is 0 Å². The number of aromatic amines is 1. The zero-order chi connectivity index (χ0) is 14.2. The van der Waals surface area contributed by atoms with Crippen LogP contribution >= 0.6 is 0 Å². The standard InChI is InChI=1S/C13H16N4O3/c1-2-19-13-15-12(16-17-13)14-11(18)8-9-20-10-6-4-3-5-7-10/h3-7H,2,8-9H2,1H3,(H2,14,15,16,17,18). The molecule has 0 radical (unpaired) electrons. The molecule has 2 aromatic rings. The number of para-hydroxylation sites is 1. The SMILES string of the molecule is CCOc1n[nH]c(NC(=O)CCOc2ccccc2)n1. The maximum absolute atomic E-state index is 11.7. The van der Waals surface area contributed by atoms with Gasteiger partial charge in [0.15, 0.2) is 0 Å². The highest BCUT2D eigenvalue weighted by atomic mass is 16.5. The average Bonchev–Trinajstić information content (AvgIpc) is 2.88. The molecule has 0 aliphatic carbocycles. The van der Waals surface area contributed by atoms with Crippen LogP contribution in [-0.4, -0.2) is 34.3 Å². The first kappa shape index (κ1) is 13.9. The van der Waals surface area contributed by atoms with Crippen molar-refractivity contribution in [2.45, 2.75) is 13.3 Å². The number of nitrogens with one attached hydrogen (secondary N) is 2. The van der Waals surface area contributed by atoms with Crippen molar-refractivity contribution >= 4 is 11.9 Å². The molecule has 0 bridgehead atoms. The van der Waals surface area contributed by atoms with E-state index in [0.29, 0.717) is 13.2 Å². The van der Waals surface area contributed by atoms with Crippen LogP contribution < -0.4 is 14.8 Å². The molecule has 0 saturated carbocycles. The third-order valence-electron chi connectivity index (χ3n) is 2.34. The van der Waals surface area contributed by atoms with Crippen molar-refractivity contribution in [2.24, 2.45) is 0 Å². The summed E-state index contributed by atoms with van der Waals surface area (Å²) in [6, 6.07) is 9.53. The van der Waals surface area contributed by atoms with Gasteiger partial charge in [-0.2, -0.15) is 4.98 Å². The van der Waals surface area contributed by atoms with E-state index >= 15 is 0 Å². The lowest BCUT2D eigenvalue weighted by molar-refractivity contribution is -0.116. The van der Waals surface area contributed by atoms with Gasteiger partial charge in [-0.3, -0.25) is 10.1 Å². The molecular formula is C13H16N4O3. The Labute approximate surface area is 116 Å². The van der Waals surface area contributed by atoms with Crippen LogP contribution in [-0.2, 0) is 4.79 Å². The van der Waals surface area contributed by atoms with Gasteiger partial charge >= 0.3 is 6.01 Å². The van der Waals surface area contributed by atoms with E-state index in [1.807, 2.05) is 37.3 Å². The van der Waals surface area contributed by atoms with E-state index in [1.54, 1.807) is 0 Å². The Hall–Kier alpha value is -2.57. The summed E-state index contributed by atoms with van der Waals surface area (Å²) < 4.78 is 10.5. The zero-order valence-electron chi connectivity index (χ0n) is 11.1. The van der Waals surface area contributed by atoms with Crippen LogP contribution in [0.25, 0.3) is 0 Å². The monoisotopic (exact) mass is 276 g/mol. The zero-order valence-corrected chi connectivity index (χ0v) is 11.1. The predicted octanol–water partition coefficient (Wildman–Crippen LogP) is 1.61. The van der Waals surface area contributed by atoms with Gasteiger partial charge in [-0.05, 0) is 19.1 Å². The Balaban J connectivity index is 1.72. The first-order valence-electron chi connectivity index (χ1n) is 6.31. The molecule has 7 nitrogen and oxygen atoms in total. The molecule has 106 valence electrons. The van der Waals surface area contributed by atoms with Gasteiger partial charge in [-0.1, -0.05) is 18.2 Å². The fourth-order valence-corrected chi connectivity index (χ4v) is 1.47. The highest BCUT2D eigenvalue weighted by molar-refractivity contribution is 5.88. The van der Waals surface area contributed by atoms with Crippen LogP contribution in [0.1, 0.15) is 13.3 Å². The Morgan fingerprint density at radius 1 is 1.30 bits per heavy atom. The topological polar surface area (TPSA) is 89.1 Å². The van der Waals surface area contributed by atoms with Gasteiger partial charge in [0.05, 0.1) is 19.6 Å².